The number of likely N-dealkylation sites (tertiary alicyclic amines) is 1. The van der Waals surface area contributed by atoms with Crippen LogP contribution >= 0.6 is 24.8 Å². The number of para-hydroxylation sites is 1. The number of hydrogen-bond acceptors (Lipinski definition) is 6. The molecule has 2 aliphatic rings. The van der Waals surface area contributed by atoms with E-state index >= 15 is 0 Å². The van der Waals surface area contributed by atoms with Gasteiger partial charge in [0.25, 0.3) is 0 Å². The Morgan fingerprint density at radius 1 is 0.973 bits per heavy atom. The largest absolute Gasteiger partial charge is 0.496 e. The minimum atomic E-state index is 0. The molecule has 0 radical (unpaired) electrons. The van der Waals surface area contributed by atoms with Gasteiger partial charge in [-0.3, -0.25) is 4.90 Å². The summed E-state index contributed by atoms with van der Waals surface area (Å²) in [5.74, 6) is 3.40. The first-order valence-electron chi connectivity index (χ1n) is 13.1. The SMILES string of the molecule is COc1ccccc1CN1CCC(CCc2noc3c(CN(C)C)c(OCC4CC4)ccc23)CC1.Cl.Cl. The molecule has 2 aromatic carbocycles. The fourth-order valence-electron chi connectivity index (χ4n) is 5.21. The van der Waals surface area contributed by atoms with Crippen molar-refractivity contribution in [2.75, 3.05) is 40.9 Å². The highest BCUT2D eigenvalue weighted by Crippen LogP contribution is 2.35. The molecule has 1 saturated carbocycles. The van der Waals surface area contributed by atoms with Crippen LogP contribution in [0.4, 0.5) is 0 Å². The zero-order valence-corrected chi connectivity index (χ0v) is 23.9. The second-order valence-electron chi connectivity index (χ2n) is 10.6. The van der Waals surface area contributed by atoms with Crippen molar-refractivity contribution in [1.29, 1.82) is 0 Å². The van der Waals surface area contributed by atoms with Gasteiger partial charge in [0, 0.05) is 24.0 Å². The third kappa shape index (κ3) is 7.53. The number of aryl methyl sites for hydroxylation is 1. The van der Waals surface area contributed by atoms with Gasteiger partial charge in [-0.15, -0.1) is 24.8 Å². The smallest absolute Gasteiger partial charge is 0.175 e. The summed E-state index contributed by atoms with van der Waals surface area (Å²) in [6.45, 7) is 4.83. The summed E-state index contributed by atoms with van der Waals surface area (Å²) in [4.78, 5) is 4.72. The molecule has 5 rings (SSSR count). The monoisotopic (exact) mass is 549 g/mol. The molecule has 8 heteroatoms. The van der Waals surface area contributed by atoms with Crippen LogP contribution in [-0.4, -0.2) is 55.9 Å². The first kappa shape index (κ1) is 29.6. The van der Waals surface area contributed by atoms with Gasteiger partial charge in [-0.25, -0.2) is 0 Å². The standard InChI is InChI=1S/C29H39N3O3.2ClH/c1-31(2)19-25-28(34-20-22-8-9-22)13-11-24-26(30-35-29(24)25)12-10-21-14-16-32(17-15-21)18-23-6-4-5-7-27(23)33-3;;/h4-7,11,13,21-22H,8-10,12,14-20H2,1-3H3;2*1H. The van der Waals surface area contributed by atoms with Crippen LogP contribution in [0, 0.1) is 11.8 Å². The minimum absolute atomic E-state index is 0. The Labute approximate surface area is 233 Å². The van der Waals surface area contributed by atoms with E-state index in [0.29, 0.717) is 0 Å². The molecule has 3 aromatic rings. The van der Waals surface area contributed by atoms with Gasteiger partial charge in [0.15, 0.2) is 5.58 Å². The molecular formula is C29H41Cl2N3O3. The number of benzene rings is 2. The van der Waals surface area contributed by atoms with Gasteiger partial charge in [-0.1, -0.05) is 23.4 Å². The number of rotatable bonds is 11. The number of fused-ring (bicyclic) bond motifs is 1. The van der Waals surface area contributed by atoms with E-state index in [1.54, 1.807) is 7.11 Å². The molecule has 0 N–H and O–H groups in total. The molecule has 2 heterocycles. The predicted molar refractivity (Wildman–Crippen MR) is 153 cm³/mol. The van der Waals surface area contributed by atoms with Crippen LogP contribution in [0.5, 0.6) is 11.5 Å². The van der Waals surface area contributed by atoms with Gasteiger partial charge in [-0.05, 0) is 95.7 Å². The second-order valence-corrected chi connectivity index (χ2v) is 10.6. The van der Waals surface area contributed by atoms with Crippen molar-refractivity contribution in [1.82, 2.24) is 15.0 Å². The summed E-state index contributed by atoms with van der Waals surface area (Å²) in [6.07, 6.45) is 7.17. The van der Waals surface area contributed by atoms with E-state index in [1.807, 2.05) is 6.07 Å². The topological polar surface area (TPSA) is 51.0 Å². The van der Waals surface area contributed by atoms with E-state index in [2.05, 4.69) is 59.4 Å². The first-order valence-corrected chi connectivity index (χ1v) is 13.1. The average Bonchev–Trinajstić information content (AvgIpc) is 3.61. The van der Waals surface area contributed by atoms with Crippen molar-refractivity contribution in [3.05, 3.63) is 53.2 Å². The number of halogens is 2. The number of methoxy groups -OCH3 is 1. The first-order chi connectivity index (χ1) is 17.1. The minimum Gasteiger partial charge on any atom is -0.496 e. The Kier molecular flexibility index (Phi) is 10.9. The van der Waals surface area contributed by atoms with Crippen LogP contribution in [0.15, 0.2) is 40.9 Å². The lowest BCUT2D eigenvalue weighted by Gasteiger charge is -2.32. The van der Waals surface area contributed by atoms with Crippen LogP contribution in [0.25, 0.3) is 11.0 Å². The number of nitrogens with zero attached hydrogens (tertiary/aromatic N) is 3. The van der Waals surface area contributed by atoms with Crippen molar-refractivity contribution in [2.24, 2.45) is 11.8 Å². The third-order valence-corrected chi connectivity index (χ3v) is 7.50. The molecule has 204 valence electrons. The molecular weight excluding hydrogens is 509 g/mol. The summed E-state index contributed by atoms with van der Waals surface area (Å²) in [6, 6.07) is 12.6. The summed E-state index contributed by atoms with van der Waals surface area (Å²) in [5.41, 5.74) is 4.38. The maximum Gasteiger partial charge on any atom is 0.175 e. The second kappa shape index (κ2) is 13.7. The predicted octanol–water partition coefficient (Wildman–Crippen LogP) is 6.38. The fourth-order valence-corrected chi connectivity index (χ4v) is 5.21. The molecule has 1 aliphatic carbocycles. The third-order valence-electron chi connectivity index (χ3n) is 7.50. The highest BCUT2D eigenvalue weighted by Gasteiger charge is 2.25. The molecule has 0 unspecified atom stereocenters. The van der Waals surface area contributed by atoms with E-state index in [4.69, 9.17) is 14.0 Å². The average molecular weight is 551 g/mol. The molecule has 0 atom stereocenters. The summed E-state index contributed by atoms with van der Waals surface area (Å²) >= 11 is 0. The molecule has 37 heavy (non-hydrogen) atoms. The van der Waals surface area contributed by atoms with Crippen LogP contribution in [0.2, 0.25) is 0 Å². The normalized spacial score (nSPS) is 16.4. The zero-order chi connectivity index (χ0) is 24.2. The maximum absolute atomic E-state index is 6.17. The Balaban J connectivity index is 0.00000190. The molecule has 0 spiro atoms. The lowest BCUT2D eigenvalue weighted by molar-refractivity contribution is 0.170. The molecule has 0 amide bonds. The quantitative estimate of drug-likeness (QED) is 0.276. The van der Waals surface area contributed by atoms with E-state index in [-0.39, 0.29) is 24.8 Å². The van der Waals surface area contributed by atoms with Crippen molar-refractivity contribution < 1.29 is 14.0 Å². The van der Waals surface area contributed by atoms with Gasteiger partial charge in [0.2, 0.25) is 0 Å². The highest BCUT2D eigenvalue weighted by atomic mass is 35.5. The van der Waals surface area contributed by atoms with Crippen LogP contribution < -0.4 is 9.47 Å². The lowest BCUT2D eigenvalue weighted by atomic mass is 9.91. The van der Waals surface area contributed by atoms with Crippen LogP contribution in [0.1, 0.15) is 48.9 Å². The van der Waals surface area contributed by atoms with Gasteiger partial charge in [0.05, 0.1) is 25.0 Å². The maximum atomic E-state index is 6.17. The Hall–Kier alpha value is -1.99. The number of hydrogen-bond donors (Lipinski definition) is 0. The Bertz CT molecular complexity index is 1120. The van der Waals surface area contributed by atoms with Gasteiger partial charge in [-0.2, -0.15) is 0 Å². The van der Waals surface area contributed by atoms with Crippen molar-refractivity contribution in [2.45, 2.75) is 51.6 Å². The van der Waals surface area contributed by atoms with Gasteiger partial charge < -0.3 is 18.9 Å². The molecule has 1 aromatic heterocycles. The van der Waals surface area contributed by atoms with Gasteiger partial charge >= 0.3 is 0 Å². The zero-order valence-electron chi connectivity index (χ0n) is 22.3. The summed E-state index contributed by atoms with van der Waals surface area (Å²) < 4.78 is 17.6. The van der Waals surface area contributed by atoms with E-state index in [0.717, 1.165) is 91.2 Å². The highest BCUT2D eigenvalue weighted by molar-refractivity contribution is 5.86. The number of ether oxygens (including phenoxy) is 2. The number of piperidine rings is 1. The summed E-state index contributed by atoms with van der Waals surface area (Å²) in [5, 5.41) is 5.66. The fraction of sp³-hybridized carbons (Fsp3) is 0.552. The van der Waals surface area contributed by atoms with Gasteiger partial charge in [0.1, 0.15) is 11.5 Å². The molecule has 0 bridgehead atoms. The van der Waals surface area contributed by atoms with Crippen LogP contribution in [0.3, 0.4) is 0 Å². The van der Waals surface area contributed by atoms with E-state index in [1.165, 1.54) is 31.2 Å². The Morgan fingerprint density at radius 3 is 2.43 bits per heavy atom. The van der Waals surface area contributed by atoms with E-state index in [9.17, 15) is 0 Å². The van der Waals surface area contributed by atoms with E-state index < -0.39 is 0 Å². The molecule has 6 nitrogen and oxygen atoms in total. The van der Waals surface area contributed by atoms with Crippen LogP contribution in [-0.2, 0) is 19.5 Å². The van der Waals surface area contributed by atoms with Crippen molar-refractivity contribution in [3.63, 3.8) is 0 Å². The lowest BCUT2D eigenvalue weighted by Crippen LogP contribution is -2.33. The Morgan fingerprint density at radius 2 is 1.73 bits per heavy atom. The number of aromatic nitrogens is 1. The molecule has 1 aliphatic heterocycles. The summed E-state index contributed by atoms with van der Waals surface area (Å²) in [7, 11) is 5.92. The molecule has 1 saturated heterocycles. The molecule has 2 fully saturated rings. The van der Waals surface area contributed by atoms with Crippen molar-refractivity contribution >= 4 is 35.8 Å². The van der Waals surface area contributed by atoms with Crippen molar-refractivity contribution in [3.8, 4) is 11.5 Å².